The highest BCUT2D eigenvalue weighted by Gasteiger charge is 2.37. The van der Waals surface area contributed by atoms with Crippen LogP contribution in [0.1, 0.15) is 26.7 Å². The van der Waals surface area contributed by atoms with Crippen molar-refractivity contribution in [2.45, 2.75) is 32.7 Å². The number of hydrogen-bond acceptors (Lipinski definition) is 2. The van der Waals surface area contributed by atoms with E-state index < -0.39 is 29.4 Å². The van der Waals surface area contributed by atoms with Crippen LogP contribution in [0.4, 0.5) is 18.9 Å². The van der Waals surface area contributed by atoms with Gasteiger partial charge in [-0.25, -0.2) is 13.2 Å². The number of rotatable bonds is 2. The summed E-state index contributed by atoms with van der Waals surface area (Å²) in [6, 6.07) is 1.30. The number of piperidine rings is 1. The number of benzene rings is 1. The molecule has 0 spiro atoms. The van der Waals surface area contributed by atoms with Gasteiger partial charge in [0.2, 0.25) is 5.91 Å². The van der Waals surface area contributed by atoms with Crippen LogP contribution in [-0.2, 0) is 4.79 Å². The summed E-state index contributed by atoms with van der Waals surface area (Å²) in [5.74, 6) is -4.69. The molecule has 3 nitrogen and oxygen atoms in total. The van der Waals surface area contributed by atoms with Crippen LogP contribution >= 0.6 is 0 Å². The Kier molecular flexibility index (Phi) is 4.04. The van der Waals surface area contributed by atoms with E-state index in [0.29, 0.717) is 6.54 Å². The standard InChI is InChI=1S/C14H17F3N2O/c1-14(2)6-3-7-18-12(14)13(20)19-9-5-4-8(15)10(16)11(9)17/h4-5,12,18H,3,6-7H2,1-2H3,(H,19,20). The summed E-state index contributed by atoms with van der Waals surface area (Å²) >= 11 is 0. The van der Waals surface area contributed by atoms with Gasteiger partial charge < -0.3 is 10.6 Å². The molecule has 1 amide bonds. The summed E-state index contributed by atoms with van der Waals surface area (Å²) in [4.78, 5) is 12.2. The van der Waals surface area contributed by atoms with E-state index >= 15 is 0 Å². The van der Waals surface area contributed by atoms with Gasteiger partial charge >= 0.3 is 0 Å². The highest BCUT2D eigenvalue weighted by Crippen LogP contribution is 2.31. The average molecular weight is 286 g/mol. The Balaban J connectivity index is 2.18. The molecule has 1 aliphatic heterocycles. The van der Waals surface area contributed by atoms with Crippen LogP contribution in [0.5, 0.6) is 0 Å². The Bertz CT molecular complexity index is 531. The summed E-state index contributed by atoms with van der Waals surface area (Å²) < 4.78 is 39.5. The molecule has 2 N–H and O–H groups in total. The number of halogens is 3. The van der Waals surface area contributed by atoms with Crippen molar-refractivity contribution in [2.24, 2.45) is 5.41 Å². The van der Waals surface area contributed by atoms with Gasteiger partial charge in [-0.15, -0.1) is 0 Å². The molecule has 1 heterocycles. The molecule has 110 valence electrons. The lowest BCUT2D eigenvalue weighted by molar-refractivity contribution is -0.121. The molecule has 0 saturated carbocycles. The molecule has 20 heavy (non-hydrogen) atoms. The molecule has 1 aromatic carbocycles. The molecule has 0 aromatic heterocycles. The molecule has 1 saturated heterocycles. The Morgan fingerprint density at radius 1 is 1.30 bits per heavy atom. The molecule has 0 radical (unpaired) electrons. The highest BCUT2D eigenvalue weighted by molar-refractivity contribution is 5.95. The van der Waals surface area contributed by atoms with Crippen LogP contribution < -0.4 is 10.6 Å². The first kappa shape index (κ1) is 14.8. The maximum absolute atomic E-state index is 13.5. The first-order chi connectivity index (χ1) is 9.33. The Labute approximate surface area is 115 Å². The fourth-order valence-electron chi connectivity index (χ4n) is 2.49. The van der Waals surface area contributed by atoms with Crippen molar-refractivity contribution >= 4 is 11.6 Å². The molecule has 6 heteroatoms. The summed E-state index contributed by atoms with van der Waals surface area (Å²) in [6.07, 6.45) is 1.81. The first-order valence-corrected chi connectivity index (χ1v) is 6.50. The quantitative estimate of drug-likeness (QED) is 0.821. The van der Waals surface area contributed by atoms with Crippen LogP contribution in [0.3, 0.4) is 0 Å². The molecule has 0 bridgehead atoms. The maximum atomic E-state index is 13.5. The van der Waals surface area contributed by atoms with Crippen LogP contribution in [-0.4, -0.2) is 18.5 Å². The number of carbonyl (C=O) groups excluding carboxylic acids is 1. The van der Waals surface area contributed by atoms with Gasteiger partial charge in [-0.2, -0.15) is 0 Å². The monoisotopic (exact) mass is 286 g/mol. The van der Waals surface area contributed by atoms with Crippen molar-refractivity contribution < 1.29 is 18.0 Å². The van der Waals surface area contributed by atoms with Crippen molar-refractivity contribution in [2.75, 3.05) is 11.9 Å². The molecule has 1 aromatic rings. The molecule has 2 rings (SSSR count). The van der Waals surface area contributed by atoms with Gasteiger partial charge in [0.1, 0.15) is 0 Å². The zero-order chi connectivity index (χ0) is 14.9. The molecular formula is C14H17F3N2O. The zero-order valence-corrected chi connectivity index (χ0v) is 11.4. The van der Waals surface area contributed by atoms with Gasteiger partial charge in [0.25, 0.3) is 0 Å². The lowest BCUT2D eigenvalue weighted by Crippen LogP contribution is -2.53. The molecule has 1 fully saturated rings. The minimum Gasteiger partial charge on any atom is -0.322 e. The second kappa shape index (κ2) is 5.44. The van der Waals surface area contributed by atoms with E-state index in [4.69, 9.17) is 0 Å². The van der Waals surface area contributed by atoms with Gasteiger partial charge in [0.15, 0.2) is 17.5 Å². The van der Waals surface area contributed by atoms with Crippen molar-refractivity contribution in [3.63, 3.8) is 0 Å². The van der Waals surface area contributed by atoms with Crippen molar-refractivity contribution in [1.29, 1.82) is 0 Å². The van der Waals surface area contributed by atoms with Crippen LogP contribution in [0.15, 0.2) is 12.1 Å². The number of anilines is 1. The predicted octanol–water partition coefficient (Wildman–Crippen LogP) is 2.82. The van der Waals surface area contributed by atoms with Crippen LogP contribution in [0.25, 0.3) is 0 Å². The zero-order valence-electron chi connectivity index (χ0n) is 11.4. The SMILES string of the molecule is CC1(C)CCCNC1C(=O)Nc1ccc(F)c(F)c1F. The van der Waals surface area contributed by atoms with Crippen molar-refractivity contribution in [3.05, 3.63) is 29.6 Å². The van der Waals surface area contributed by atoms with Crippen LogP contribution in [0.2, 0.25) is 0 Å². The van der Waals surface area contributed by atoms with Gasteiger partial charge in [0, 0.05) is 0 Å². The lowest BCUT2D eigenvalue weighted by Gasteiger charge is -2.38. The fraction of sp³-hybridized carbons (Fsp3) is 0.500. The van der Waals surface area contributed by atoms with E-state index in [1.54, 1.807) is 0 Å². The maximum Gasteiger partial charge on any atom is 0.242 e. The minimum atomic E-state index is -1.58. The third kappa shape index (κ3) is 2.80. The number of hydrogen-bond donors (Lipinski definition) is 2. The molecule has 1 unspecified atom stereocenters. The Hall–Kier alpha value is -1.56. The smallest absolute Gasteiger partial charge is 0.242 e. The van der Waals surface area contributed by atoms with E-state index in [0.717, 1.165) is 25.0 Å². The summed E-state index contributed by atoms with van der Waals surface area (Å²) in [7, 11) is 0. The van der Waals surface area contributed by atoms with Crippen LogP contribution in [0, 0.1) is 22.9 Å². The summed E-state index contributed by atoms with van der Waals surface area (Å²) in [6.45, 7) is 4.57. The number of nitrogens with one attached hydrogen (secondary N) is 2. The lowest BCUT2D eigenvalue weighted by atomic mass is 9.77. The summed E-state index contributed by atoms with van der Waals surface area (Å²) in [5, 5.41) is 5.39. The summed E-state index contributed by atoms with van der Waals surface area (Å²) in [5.41, 5.74) is -0.630. The topological polar surface area (TPSA) is 41.1 Å². The molecule has 1 aliphatic rings. The highest BCUT2D eigenvalue weighted by atomic mass is 19.2. The predicted molar refractivity (Wildman–Crippen MR) is 69.8 cm³/mol. The number of carbonyl (C=O) groups is 1. The van der Waals surface area contributed by atoms with E-state index in [-0.39, 0.29) is 11.1 Å². The number of amides is 1. The van der Waals surface area contributed by atoms with E-state index in [1.165, 1.54) is 0 Å². The first-order valence-electron chi connectivity index (χ1n) is 6.50. The molecule has 0 aliphatic carbocycles. The third-order valence-corrected chi connectivity index (χ3v) is 3.68. The normalized spacial score (nSPS) is 21.6. The second-order valence-corrected chi connectivity index (χ2v) is 5.69. The fourth-order valence-corrected chi connectivity index (χ4v) is 2.49. The molecule has 1 atom stereocenters. The van der Waals surface area contributed by atoms with Gasteiger partial charge in [-0.3, -0.25) is 4.79 Å². The van der Waals surface area contributed by atoms with Crippen molar-refractivity contribution in [1.82, 2.24) is 5.32 Å². The second-order valence-electron chi connectivity index (χ2n) is 5.69. The Morgan fingerprint density at radius 3 is 2.65 bits per heavy atom. The van der Waals surface area contributed by atoms with Gasteiger partial charge in [-0.1, -0.05) is 13.8 Å². The Morgan fingerprint density at radius 2 is 2.00 bits per heavy atom. The van der Waals surface area contributed by atoms with E-state index in [9.17, 15) is 18.0 Å². The van der Waals surface area contributed by atoms with E-state index in [2.05, 4.69) is 10.6 Å². The molecular weight excluding hydrogens is 269 g/mol. The van der Waals surface area contributed by atoms with E-state index in [1.807, 2.05) is 13.8 Å². The largest absolute Gasteiger partial charge is 0.322 e. The average Bonchev–Trinajstić information content (AvgIpc) is 2.39. The van der Waals surface area contributed by atoms with Crippen molar-refractivity contribution in [3.8, 4) is 0 Å². The van der Waals surface area contributed by atoms with Gasteiger partial charge in [-0.05, 0) is 36.9 Å². The minimum absolute atomic E-state index is 0.280. The third-order valence-electron chi connectivity index (χ3n) is 3.68. The van der Waals surface area contributed by atoms with Gasteiger partial charge in [0.05, 0.1) is 11.7 Å².